The predicted molar refractivity (Wildman–Crippen MR) is 76.4 cm³/mol. The fraction of sp³-hybridized carbons (Fsp3) is 0.0667. The fourth-order valence-electron chi connectivity index (χ4n) is 2.16. The van der Waals surface area contributed by atoms with Crippen molar-refractivity contribution in [2.45, 2.75) is 0 Å². The lowest BCUT2D eigenvalue weighted by Crippen LogP contribution is -2.31. The topological polar surface area (TPSA) is 69.2 Å². The van der Waals surface area contributed by atoms with E-state index >= 15 is 0 Å². The molecule has 0 spiro atoms. The Labute approximate surface area is 115 Å². The summed E-state index contributed by atoms with van der Waals surface area (Å²) in [5.41, 5.74) is 1.81. The average molecular weight is 267 g/mol. The quantitative estimate of drug-likeness (QED) is 0.714. The number of nitrogens with one attached hydrogen (secondary N) is 1. The van der Waals surface area contributed by atoms with Gasteiger partial charge in [0.05, 0.1) is 17.3 Å². The molecular weight excluding hydrogens is 254 g/mol. The number of aromatic nitrogens is 2. The second kappa shape index (κ2) is 5.14. The third-order valence-electron chi connectivity index (χ3n) is 3.16. The zero-order chi connectivity index (χ0) is 13.9. The van der Waals surface area contributed by atoms with Crippen LogP contribution in [0.4, 0.5) is 5.69 Å². The molecule has 0 unspecified atom stereocenters. The zero-order valence-electron chi connectivity index (χ0n) is 10.7. The Morgan fingerprint density at radius 1 is 1.15 bits per heavy atom. The van der Waals surface area contributed by atoms with Gasteiger partial charge in [0.2, 0.25) is 0 Å². The Kier molecular flexibility index (Phi) is 3.18. The number of benzene rings is 2. The van der Waals surface area contributed by atoms with Gasteiger partial charge < -0.3 is 5.11 Å². The molecule has 3 rings (SSSR count). The molecule has 1 aromatic heterocycles. The van der Waals surface area contributed by atoms with E-state index in [1.807, 2.05) is 24.3 Å². The van der Waals surface area contributed by atoms with Crippen LogP contribution in [0.2, 0.25) is 0 Å². The van der Waals surface area contributed by atoms with E-state index in [0.717, 1.165) is 5.39 Å². The molecule has 0 bridgehead atoms. The fourth-order valence-corrected chi connectivity index (χ4v) is 2.16. The summed E-state index contributed by atoms with van der Waals surface area (Å²) in [5, 5.41) is 17.1. The van der Waals surface area contributed by atoms with Crippen molar-refractivity contribution in [1.29, 1.82) is 0 Å². The van der Waals surface area contributed by atoms with Crippen LogP contribution in [0.25, 0.3) is 10.9 Å². The maximum absolute atomic E-state index is 12.6. The number of carbonyl (C=O) groups is 1. The number of nitrogens with zero attached hydrogens (tertiary/aromatic N) is 2. The molecule has 3 aromatic rings. The third-order valence-corrected chi connectivity index (χ3v) is 3.16. The molecule has 0 fully saturated rings. The minimum atomic E-state index is -0.382. The standard InChI is InChI=1S/C15H13N3O2/c19-10-18(12-6-2-1-3-7-12)15(20)13-8-4-5-11-9-16-17-14(11)13/h1-9,19H,10H2,(H,16,17). The molecule has 100 valence electrons. The number of H-pyrrole nitrogens is 1. The van der Waals surface area contributed by atoms with Crippen molar-refractivity contribution in [2.24, 2.45) is 0 Å². The highest BCUT2D eigenvalue weighted by atomic mass is 16.3. The molecular formula is C15H13N3O2. The molecule has 0 aliphatic carbocycles. The first kappa shape index (κ1) is 12.4. The maximum atomic E-state index is 12.6. The van der Waals surface area contributed by atoms with Crippen LogP contribution in [0.1, 0.15) is 10.4 Å². The minimum Gasteiger partial charge on any atom is -0.376 e. The molecule has 0 aliphatic heterocycles. The van der Waals surface area contributed by atoms with Gasteiger partial charge in [0, 0.05) is 11.1 Å². The Morgan fingerprint density at radius 3 is 2.70 bits per heavy atom. The minimum absolute atomic E-state index is 0.270. The summed E-state index contributed by atoms with van der Waals surface area (Å²) >= 11 is 0. The van der Waals surface area contributed by atoms with Crippen LogP contribution in [0, 0.1) is 0 Å². The molecule has 2 N–H and O–H groups in total. The molecule has 0 radical (unpaired) electrons. The van der Waals surface area contributed by atoms with Gasteiger partial charge in [-0.2, -0.15) is 5.10 Å². The largest absolute Gasteiger partial charge is 0.376 e. The Bertz CT molecular complexity index is 737. The Morgan fingerprint density at radius 2 is 1.95 bits per heavy atom. The number of hydrogen-bond acceptors (Lipinski definition) is 3. The SMILES string of the molecule is O=C(c1cccc2cn[nH]c12)N(CO)c1ccccc1. The van der Waals surface area contributed by atoms with E-state index in [1.54, 1.807) is 30.5 Å². The second-order valence-corrected chi connectivity index (χ2v) is 4.35. The lowest BCUT2D eigenvalue weighted by atomic mass is 10.1. The highest BCUT2D eigenvalue weighted by Gasteiger charge is 2.19. The monoisotopic (exact) mass is 267 g/mol. The van der Waals surface area contributed by atoms with E-state index < -0.39 is 0 Å². The first-order valence-electron chi connectivity index (χ1n) is 6.21. The number of aliphatic hydroxyl groups is 1. The number of amides is 1. The van der Waals surface area contributed by atoms with Gasteiger partial charge in [0.15, 0.2) is 0 Å². The maximum Gasteiger partial charge on any atom is 0.262 e. The van der Waals surface area contributed by atoms with E-state index in [0.29, 0.717) is 16.8 Å². The molecule has 0 saturated heterocycles. The summed E-state index contributed by atoms with van der Waals surface area (Å²) in [6, 6.07) is 14.5. The molecule has 5 heteroatoms. The van der Waals surface area contributed by atoms with E-state index in [2.05, 4.69) is 10.2 Å². The highest BCUT2D eigenvalue weighted by Crippen LogP contribution is 2.21. The van der Waals surface area contributed by atoms with Crippen molar-refractivity contribution < 1.29 is 9.90 Å². The number of fused-ring (bicyclic) bond motifs is 1. The second-order valence-electron chi connectivity index (χ2n) is 4.35. The van der Waals surface area contributed by atoms with Crippen molar-refractivity contribution in [3.8, 4) is 0 Å². The van der Waals surface area contributed by atoms with E-state index in [9.17, 15) is 9.90 Å². The van der Waals surface area contributed by atoms with Crippen molar-refractivity contribution in [2.75, 3.05) is 11.6 Å². The van der Waals surface area contributed by atoms with Gasteiger partial charge in [0.1, 0.15) is 6.73 Å². The molecule has 0 aliphatic rings. The summed E-state index contributed by atoms with van der Waals surface area (Å²) in [7, 11) is 0. The molecule has 0 atom stereocenters. The molecule has 2 aromatic carbocycles. The first-order chi connectivity index (χ1) is 9.81. The number of aliphatic hydroxyl groups excluding tert-OH is 1. The summed E-state index contributed by atoms with van der Waals surface area (Å²) in [6.45, 7) is -0.382. The van der Waals surface area contributed by atoms with Crippen LogP contribution >= 0.6 is 0 Å². The average Bonchev–Trinajstić information content (AvgIpc) is 2.97. The first-order valence-corrected chi connectivity index (χ1v) is 6.21. The van der Waals surface area contributed by atoms with Crippen molar-refractivity contribution in [3.05, 3.63) is 60.3 Å². The van der Waals surface area contributed by atoms with Gasteiger partial charge in [-0.1, -0.05) is 30.3 Å². The van der Waals surface area contributed by atoms with Crippen molar-refractivity contribution in [1.82, 2.24) is 10.2 Å². The van der Waals surface area contributed by atoms with E-state index in [-0.39, 0.29) is 12.6 Å². The van der Waals surface area contributed by atoms with E-state index in [4.69, 9.17) is 0 Å². The van der Waals surface area contributed by atoms with Crippen molar-refractivity contribution >= 4 is 22.5 Å². The van der Waals surface area contributed by atoms with Crippen LogP contribution in [0.15, 0.2) is 54.7 Å². The Hall–Kier alpha value is -2.66. The molecule has 0 saturated carbocycles. The van der Waals surface area contributed by atoms with Crippen LogP contribution < -0.4 is 4.90 Å². The predicted octanol–water partition coefficient (Wildman–Crippen LogP) is 2.16. The molecule has 1 amide bonds. The van der Waals surface area contributed by atoms with E-state index in [1.165, 1.54) is 4.90 Å². The van der Waals surface area contributed by atoms with Gasteiger partial charge in [0.25, 0.3) is 5.91 Å². The zero-order valence-corrected chi connectivity index (χ0v) is 10.7. The number of para-hydroxylation sites is 2. The highest BCUT2D eigenvalue weighted by molar-refractivity contribution is 6.12. The Balaban J connectivity index is 2.05. The van der Waals surface area contributed by atoms with Crippen LogP contribution in [-0.2, 0) is 0 Å². The molecule has 20 heavy (non-hydrogen) atoms. The van der Waals surface area contributed by atoms with Gasteiger partial charge in [-0.05, 0) is 18.2 Å². The number of aromatic amines is 1. The summed E-state index contributed by atoms with van der Waals surface area (Å²) < 4.78 is 0. The summed E-state index contributed by atoms with van der Waals surface area (Å²) in [6.07, 6.45) is 1.66. The lowest BCUT2D eigenvalue weighted by Gasteiger charge is -2.20. The van der Waals surface area contributed by atoms with Gasteiger partial charge in [-0.15, -0.1) is 0 Å². The smallest absolute Gasteiger partial charge is 0.262 e. The number of hydrogen-bond donors (Lipinski definition) is 2. The molecule has 5 nitrogen and oxygen atoms in total. The van der Waals surface area contributed by atoms with Crippen LogP contribution in [0.5, 0.6) is 0 Å². The van der Waals surface area contributed by atoms with Gasteiger partial charge in [-0.25, -0.2) is 0 Å². The number of carbonyl (C=O) groups excluding carboxylic acids is 1. The van der Waals surface area contributed by atoms with Crippen LogP contribution in [0.3, 0.4) is 0 Å². The summed E-state index contributed by atoms with van der Waals surface area (Å²) in [5.74, 6) is -0.270. The summed E-state index contributed by atoms with van der Waals surface area (Å²) in [4.78, 5) is 13.9. The third kappa shape index (κ3) is 2.04. The van der Waals surface area contributed by atoms with Gasteiger partial charge >= 0.3 is 0 Å². The van der Waals surface area contributed by atoms with Crippen molar-refractivity contribution in [3.63, 3.8) is 0 Å². The molecule has 1 heterocycles. The van der Waals surface area contributed by atoms with Gasteiger partial charge in [-0.3, -0.25) is 14.8 Å². The van der Waals surface area contributed by atoms with Crippen LogP contribution in [-0.4, -0.2) is 27.9 Å². The number of anilines is 1. The lowest BCUT2D eigenvalue weighted by molar-refractivity contribution is 0.0961. The normalized spacial score (nSPS) is 10.7. The number of rotatable bonds is 3.